The van der Waals surface area contributed by atoms with Gasteiger partial charge in [-0.15, -0.1) is 11.3 Å². The van der Waals surface area contributed by atoms with Crippen LogP contribution in [0.3, 0.4) is 0 Å². The molecule has 0 saturated heterocycles. The van der Waals surface area contributed by atoms with Gasteiger partial charge in [0.2, 0.25) is 0 Å². The topological polar surface area (TPSA) is 72.4 Å². The second kappa shape index (κ2) is 11.7. The van der Waals surface area contributed by atoms with Crippen LogP contribution < -0.4 is 15.9 Å². The molecule has 0 aliphatic rings. The Bertz CT molecular complexity index is 1140. The number of unbranched alkanes of at least 4 members (excludes halogenated alkanes) is 2. The number of nitrogens with two attached hydrogens (primary N) is 1. The smallest absolute Gasteiger partial charge is 0.269 e. The second-order valence-electron chi connectivity index (χ2n) is 7.79. The third-order valence-electron chi connectivity index (χ3n) is 4.98. The van der Waals surface area contributed by atoms with Crippen molar-refractivity contribution in [3.63, 3.8) is 0 Å². The number of halogens is 2. The van der Waals surface area contributed by atoms with Crippen LogP contribution in [0.4, 0.5) is 5.69 Å². The highest BCUT2D eigenvalue weighted by Gasteiger charge is 2.14. The Morgan fingerprint density at radius 1 is 1.09 bits per heavy atom. The summed E-state index contributed by atoms with van der Waals surface area (Å²) >= 11 is 13.5. The van der Waals surface area contributed by atoms with E-state index in [0.29, 0.717) is 35.4 Å². The van der Waals surface area contributed by atoms with E-state index in [2.05, 4.69) is 37.4 Å². The molecule has 1 aromatic heterocycles. The van der Waals surface area contributed by atoms with Gasteiger partial charge in [-0.1, -0.05) is 41.8 Å². The van der Waals surface area contributed by atoms with Gasteiger partial charge in [0.1, 0.15) is 5.69 Å². The first-order valence-electron chi connectivity index (χ1n) is 10.6. The molecule has 1 heterocycles. The van der Waals surface area contributed by atoms with Gasteiger partial charge in [0.05, 0.1) is 15.7 Å². The van der Waals surface area contributed by atoms with Crippen molar-refractivity contribution in [2.24, 2.45) is 10.7 Å². The SMILES string of the molecule is Cc1cc(C)cc(N=c2scc(C(=O)NCc3ccc(Cl)c(Cl)c3)n2CCCCCN)c1.[HH]. The van der Waals surface area contributed by atoms with Crippen LogP contribution in [0, 0.1) is 13.8 Å². The third-order valence-corrected chi connectivity index (χ3v) is 6.59. The summed E-state index contributed by atoms with van der Waals surface area (Å²) < 4.78 is 2.00. The lowest BCUT2D eigenvalue weighted by atomic mass is 10.1. The van der Waals surface area contributed by atoms with Gasteiger partial charge in [0.15, 0.2) is 4.80 Å². The highest BCUT2D eigenvalue weighted by Crippen LogP contribution is 2.22. The number of rotatable bonds is 9. The molecule has 0 aliphatic heterocycles. The number of amides is 1. The summed E-state index contributed by atoms with van der Waals surface area (Å²) in [4.78, 5) is 18.7. The van der Waals surface area contributed by atoms with Crippen molar-refractivity contribution in [2.75, 3.05) is 6.54 Å². The van der Waals surface area contributed by atoms with E-state index >= 15 is 0 Å². The number of thiazole rings is 1. The Hall–Kier alpha value is -2.12. The Morgan fingerprint density at radius 3 is 2.53 bits per heavy atom. The summed E-state index contributed by atoms with van der Waals surface area (Å²) in [6, 6.07) is 11.6. The van der Waals surface area contributed by atoms with Gasteiger partial charge >= 0.3 is 0 Å². The lowest BCUT2D eigenvalue weighted by molar-refractivity contribution is 0.0941. The zero-order valence-corrected chi connectivity index (χ0v) is 20.7. The number of hydrogen-bond acceptors (Lipinski definition) is 4. The van der Waals surface area contributed by atoms with Gasteiger partial charge < -0.3 is 15.6 Å². The summed E-state index contributed by atoms with van der Waals surface area (Å²) in [7, 11) is 0. The quantitative estimate of drug-likeness (QED) is 0.358. The largest absolute Gasteiger partial charge is 0.347 e. The van der Waals surface area contributed by atoms with Crippen molar-refractivity contribution in [3.05, 3.63) is 79.0 Å². The molecule has 3 aromatic rings. The molecule has 1 amide bonds. The molecule has 32 heavy (non-hydrogen) atoms. The molecule has 0 radical (unpaired) electrons. The van der Waals surface area contributed by atoms with Crippen molar-refractivity contribution in [1.82, 2.24) is 9.88 Å². The van der Waals surface area contributed by atoms with Crippen LogP contribution in [0.5, 0.6) is 0 Å². The molecule has 5 nitrogen and oxygen atoms in total. The maximum absolute atomic E-state index is 13.0. The second-order valence-corrected chi connectivity index (χ2v) is 9.44. The Labute approximate surface area is 204 Å². The average Bonchev–Trinajstić information content (AvgIpc) is 3.13. The van der Waals surface area contributed by atoms with E-state index in [4.69, 9.17) is 33.9 Å². The van der Waals surface area contributed by atoms with Gasteiger partial charge in [-0.05, 0) is 74.2 Å². The average molecular weight is 494 g/mol. The van der Waals surface area contributed by atoms with E-state index in [1.165, 1.54) is 11.3 Å². The summed E-state index contributed by atoms with van der Waals surface area (Å²) in [5.41, 5.74) is 10.3. The molecule has 0 atom stereocenters. The fourth-order valence-electron chi connectivity index (χ4n) is 3.46. The van der Waals surface area contributed by atoms with Crippen LogP contribution in [-0.2, 0) is 13.1 Å². The predicted octanol–water partition coefficient (Wildman–Crippen LogP) is 6.01. The number of nitrogens with one attached hydrogen (secondary N) is 1. The monoisotopic (exact) mass is 492 g/mol. The van der Waals surface area contributed by atoms with Crippen molar-refractivity contribution >= 4 is 46.1 Å². The maximum atomic E-state index is 13.0. The first-order chi connectivity index (χ1) is 15.4. The molecule has 2 aromatic carbocycles. The number of carbonyl (C=O) groups is 1. The molecule has 172 valence electrons. The van der Waals surface area contributed by atoms with Gasteiger partial charge in [0.25, 0.3) is 5.91 Å². The summed E-state index contributed by atoms with van der Waals surface area (Å²) in [5, 5.41) is 5.82. The van der Waals surface area contributed by atoms with Gasteiger partial charge in [0, 0.05) is 19.9 Å². The Morgan fingerprint density at radius 2 is 1.84 bits per heavy atom. The number of aryl methyl sites for hydroxylation is 2. The number of aromatic nitrogens is 1. The molecular weight excluding hydrogens is 463 g/mol. The Kier molecular flexibility index (Phi) is 8.93. The van der Waals surface area contributed by atoms with Crippen molar-refractivity contribution < 1.29 is 6.22 Å². The maximum Gasteiger partial charge on any atom is 0.269 e. The summed E-state index contributed by atoms with van der Waals surface area (Å²) in [6.45, 7) is 5.86. The van der Waals surface area contributed by atoms with E-state index in [1.54, 1.807) is 12.1 Å². The lowest BCUT2D eigenvalue weighted by Gasteiger charge is -2.10. The van der Waals surface area contributed by atoms with Crippen LogP contribution >= 0.6 is 34.5 Å². The van der Waals surface area contributed by atoms with E-state index in [1.807, 2.05) is 16.0 Å². The van der Waals surface area contributed by atoms with Crippen LogP contribution in [0.25, 0.3) is 0 Å². The number of carbonyl (C=O) groups excluding carboxylic acids is 1. The lowest BCUT2D eigenvalue weighted by Crippen LogP contribution is -2.28. The van der Waals surface area contributed by atoms with Crippen molar-refractivity contribution in [2.45, 2.75) is 46.2 Å². The minimum atomic E-state index is -0.145. The molecule has 0 bridgehead atoms. The van der Waals surface area contributed by atoms with E-state index in [-0.39, 0.29) is 7.33 Å². The highest BCUT2D eigenvalue weighted by atomic mass is 35.5. The highest BCUT2D eigenvalue weighted by molar-refractivity contribution is 7.07. The minimum absolute atomic E-state index is 0. The normalized spacial score (nSPS) is 11.7. The molecule has 0 unspecified atom stereocenters. The molecule has 0 spiro atoms. The minimum Gasteiger partial charge on any atom is -0.347 e. The zero-order valence-electron chi connectivity index (χ0n) is 18.3. The summed E-state index contributed by atoms with van der Waals surface area (Å²) in [5.74, 6) is -0.145. The number of benzene rings is 2. The molecule has 0 fully saturated rings. The molecule has 3 rings (SSSR count). The fourth-order valence-corrected chi connectivity index (χ4v) is 4.70. The predicted molar refractivity (Wildman–Crippen MR) is 136 cm³/mol. The standard InChI is InChI=1S/C24H28Cl2N4OS.H2/c1-16-10-17(2)12-19(11-16)29-24-30(9-5-3-4-8-27)22(15-32-24)23(31)28-14-18-6-7-20(25)21(26)13-18;/h6-7,10-13,15H,3-5,8-9,14,27H2,1-2H3,(H,28,31);1H. The van der Waals surface area contributed by atoms with Gasteiger partial charge in [-0.2, -0.15) is 0 Å². The van der Waals surface area contributed by atoms with E-state index in [9.17, 15) is 4.79 Å². The van der Waals surface area contributed by atoms with Crippen LogP contribution in [0.1, 0.15) is 47.9 Å². The molecule has 0 aliphatic carbocycles. The molecule has 8 heteroatoms. The molecule has 3 N–H and O–H groups in total. The molecular formula is C24H30Cl2N4OS. The van der Waals surface area contributed by atoms with Crippen molar-refractivity contribution in [1.29, 1.82) is 0 Å². The van der Waals surface area contributed by atoms with Crippen LogP contribution in [-0.4, -0.2) is 17.0 Å². The van der Waals surface area contributed by atoms with Crippen LogP contribution in [0.2, 0.25) is 10.0 Å². The first-order valence-corrected chi connectivity index (χ1v) is 12.2. The van der Waals surface area contributed by atoms with Crippen molar-refractivity contribution in [3.8, 4) is 0 Å². The molecule has 0 saturated carbocycles. The van der Waals surface area contributed by atoms with E-state index in [0.717, 1.165) is 46.4 Å². The van der Waals surface area contributed by atoms with Crippen LogP contribution in [0.15, 0.2) is 46.8 Å². The third kappa shape index (κ3) is 6.69. The first kappa shape index (κ1) is 24.5. The summed E-state index contributed by atoms with van der Waals surface area (Å²) in [6.07, 6.45) is 2.90. The van der Waals surface area contributed by atoms with Gasteiger partial charge in [-0.25, -0.2) is 4.99 Å². The number of hydrogen-bond donors (Lipinski definition) is 2. The zero-order chi connectivity index (χ0) is 23.1. The van der Waals surface area contributed by atoms with Gasteiger partial charge in [-0.3, -0.25) is 4.79 Å². The number of nitrogens with zero attached hydrogens (tertiary/aromatic N) is 2. The van der Waals surface area contributed by atoms with E-state index < -0.39 is 0 Å². The Balaban J connectivity index is 0.00000385. The fraction of sp³-hybridized carbons (Fsp3) is 0.333.